The number of nitrogens with zero attached hydrogens (tertiary/aromatic N) is 1. The van der Waals surface area contributed by atoms with Crippen LogP contribution in [0.15, 0.2) is 36.4 Å². The molecule has 0 fully saturated rings. The third-order valence-corrected chi connectivity index (χ3v) is 3.32. The lowest BCUT2D eigenvalue weighted by molar-refractivity contribution is -0.138. The number of rotatable bonds is 11. The van der Waals surface area contributed by atoms with Crippen molar-refractivity contribution in [1.29, 1.82) is 5.26 Å². The molecule has 0 saturated heterocycles. The van der Waals surface area contributed by atoms with Gasteiger partial charge in [-0.05, 0) is 43.5 Å². The van der Waals surface area contributed by atoms with Gasteiger partial charge in [-0.3, -0.25) is 0 Å². The van der Waals surface area contributed by atoms with Gasteiger partial charge in [0.15, 0.2) is 11.5 Å². The molecule has 0 atom stereocenters. The fraction of sp³-hybridized carbons (Fsp3) is 0.350. The van der Waals surface area contributed by atoms with Gasteiger partial charge in [-0.2, -0.15) is 5.26 Å². The van der Waals surface area contributed by atoms with Crippen LogP contribution in [-0.2, 0) is 19.1 Å². The molecule has 0 aromatic heterocycles. The molecule has 27 heavy (non-hydrogen) atoms. The summed E-state index contributed by atoms with van der Waals surface area (Å²) in [6.07, 6.45) is 3.90. The van der Waals surface area contributed by atoms with E-state index in [0.717, 1.165) is 6.08 Å². The second kappa shape index (κ2) is 12.1. The minimum Gasteiger partial charge on any atom is -0.493 e. The lowest BCUT2D eigenvalue weighted by Gasteiger charge is -2.11. The number of ether oxygens (including phenoxy) is 4. The van der Waals surface area contributed by atoms with Crippen LogP contribution in [0, 0.1) is 11.3 Å². The molecular weight excluding hydrogens is 350 g/mol. The normalized spacial score (nSPS) is 10.5. The van der Waals surface area contributed by atoms with Crippen LogP contribution in [-0.4, -0.2) is 38.9 Å². The number of carbonyl (C=O) groups is 2. The van der Waals surface area contributed by atoms with Gasteiger partial charge < -0.3 is 18.9 Å². The highest BCUT2D eigenvalue weighted by molar-refractivity contribution is 5.97. The van der Waals surface area contributed by atoms with Crippen LogP contribution >= 0.6 is 0 Å². The van der Waals surface area contributed by atoms with E-state index in [1.54, 1.807) is 25.1 Å². The minimum absolute atomic E-state index is 0.0957. The summed E-state index contributed by atoms with van der Waals surface area (Å²) in [5.74, 6) is -0.104. The zero-order valence-electron chi connectivity index (χ0n) is 15.5. The quantitative estimate of drug-likeness (QED) is 0.255. The summed E-state index contributed by atoms with van der Waals surface area (Å²) in [5, 5.41) is 9.09. The summed E-state index contributed by atoms with van der Waals surface area (Å²) in [7, 11) is 1.50. The average molecular weight is 373 g/mol. The molecule has 144 valence electrons. The standard InChI is InChI=1S/C20H23NO6/c1-4-19(22)27-11-7-6-10-26-17-9-8-15(13-18(17)24-3)12-16(14-21)20(23)25-5-2/h4,8-9,12-13H,1,5-7,10-11H2,2-3H3/b16-12+. The van der Waals surface area contributed by atoms with Gasteiger partial charge in [-0.25, -0.2) is 9.59 Å². The number of carbonyl (C=O) groups excluding carboxylic acids is 2. The molecular formula is C20H23NO6. The van der Waals surface area contributed by atoms with E-state index in [-0.39, 0.29) is 12.2 Å². The maximum absolute atomic E-state index is 11.7. The SMILES string of the molecule is C=CC(=O)OCCCCOc1ccc(/C=C(\C#N)C(=O)OCC)cc1OC. The van der Waals surface area contributed by atoms with Gasteiger partial charge >= 0.3 is 11.9 Å². The van der Waals surface area contributed by atoms with E-state index in [0.29, 0.717) is 43.1 Å². The Balaban J connectivity index is 2.66. The van der Waals surface area contributed by atoms with Crippen LogP contribution in [0.2, 0.25) is 0 Å². The molecule has 0 aliphatic heterocycles. The number of hydrogen-bond donors (Lipinski definition) is 0. The minimum atomic E-state index is -0.670. The van der Waals surface area contributed by atoms with E-state index in [1.165, 1.54) is 13.2 Å². The maximum atomic E-state index is 11.7. The first-order valence-electron chi connectivity index (χ1n) is 8.44. The summed E-state index contributed by atoms with van der Waals surface area (Å²) in [5.41, 5.74) is 0.516. The molecule has 0 N–H and O–H groups in total. The van der Waals surface area contributed by atoms with Crippen molar-refractivity contribution in [3.05, 3.63) is 42.0 Å². The molecule has 0 bridgehead atoms. The number of methoxy groups -OCH3 is 1. The number of unbranched alkanes of at least 4 members (excludes halogenated alkanes) is 1. The Labute approximate surface area is 158 Å². The Morgan fingerprint density at radius 2 is 1.93 bits per heavy atom. The van der Waals surface area contributed by atoms with Crippen LogP contribution < -0.4 is 9.47 Å². The smallest absolute Gasteiger partial charge is 0.348 e. The number of esters is 2. The Bertz CT molecular complexity index is 732. The molecule has 1 aromatic rings. The van der Waals surface area contributed by atoms with Crippen LogP contribution in [0.4, 0.5) is 0 Å². The Morgan fingerprint density at radius 3 is 2.56 bits per heavy atom. The van der Waals surface area contributed by atoms with Crippen molar-refractivity contribution < 1.29 is 28.5 Å². The lowest BCUT2D eigenvalue weighted by Crippen LogP contribution is -2.06. The molecule has 0 unspecified atom stereocenters. The Kier molecular flexibility index (Phi) is 9.79. The summed E-state index contributed by atoms with van der Waals surface area (Å²) in [4.78, 5) is 22.6. The van der Waals surface area contributed by atoms with E-state index in [4.69, 9.17) is 24.2 Å². The van der Waals surface area contributed by atoms with Crippen molar-refractivity contribution in [2.45, 2.75) is 19.8 Å². The van der Waals surface area contributed by atoms with E-state index >= 15 is 0 Å². The van der Waals surface area contributed by atoms with Gasteiger partial charge in [0.25, 0.3) is 0 Å². The molecule has 7 heteroatoms. The molecule has 0 spiro atoms. The second-order valence-corrected chi connectivity index (χ2v) is 5.23. The maximum Gasteiger partial charge on any atom is 0.348 e. The predicted molar refractivity (Wildman–Crippen MR) is 99.1 cm³/mol. The summed E-state index contributed by atoms with van der Waals surface area (Å²) in [6.45, 7) is 5.92. The molecule has 1 aromatic carbocycles. The summed E-state index contributed by atoms with van der Waals surface area (Å²) >= 11 is 0. The van der Waals surface area contributed by atoms with Crippen molar-refractivity contribution in [2.75, 3.05) is 26.9 Å². The van der Waals surface area contributed by atoms with Crippen molar-refractivity contribution >= 4 is 18.0 Å². The van der Waals surface area contributed by atoms with Crippen LogP contribution in [0.5, 0.6) is 11.5 Å². The fourth-order valence-electron chi connectivity index (χ4n) is 2.02. The monoisotopic (exact) mass is 373 g/mol. The molecule has 0 heterocycles. The molecule has 0 amide bonds. The third-order valence-electron chi connectivity index (χ3n) is 3.32. The van der Waals surface area contributed by atoms with Gasteiger partial charge in [0.2, 0.25) is 0 Å². The second-order valence-electron chi connectivity index (χ2n) is 5.23. The van der Waals surface area contributed by atoms with E-state index in [2.05, 4.69) is 6.58 Å². The Hall–Kier alpha value is -3.27. The molecule has 0 aliphatic carbocycles. The number of hydrogen-bond acceptors (Lipinski definition) is 7. The van der Waals surface area contributed by atoms with Gasteiger partial charge in [-0.1, -0.05) is 12.6 Å². The van der Waals surface area contributed by atoms with Gasteiger partial charge in [0, 0.05) is 6.08 Å². The fourth-order valence-corrected chi connectivity index (χ4v) is 2.02. The van der Waals surface area contributed by atoms with Crippen LogP contribution in [0.25, 0.3) is 6.08 Å². The van der Waals surface area contributed by atoms with Crippen molar-refractivity contribution in [3.63, 3.8) is 0 Å². The van der Waals surface area contributed by atoms with E-state index in [9.17, 15) is 9.59 Å². The lowest BCUT2D eigenvalue weighted by atomic mass is 10.1. The predicted octanol–water partition coefficient (Wildman–Crippen LogP) is 3.05. The third kappa shape index (κ3) is 7.65. The van der Waals surface area contributed by atoms with Gasteiger partial charge in [0.1, 0.15) is 11.6 Å². The first kappa shape index (κ1) is 21.8. The molecule has 0 aliphatic rings. The summed E-state index contributed by atoms with van der Waals surface area (Å²) < 4.78 is 20.7. The van der Waals surface area contributed by atoms with Crippen LogP contribution in [0.1, 0.15) is 25.3 Å². The van der Waals surface area contributed by atoms with E-state index in [1.807, 2.05) is 6.07 Å². The summed E-state index contributed by atoms with van der Waals surface area (Å²) in [6, 6.07) is 6.90. The first-order chi connectivity index (χ1) is 13.0. The van der Waals surface area contributed by atoms with Crippen molar-refractivity contribution in [3.8, 4) is 17.6 Å². The van der Waals surface area contributed by atoms with E-state index < -0.39 is 11.9 Å². The zero-order chi connectivity index (χ0) is 20.1. The Morgan fingerprint density at radius 1 is 1.19 bits per heavy atom. The number of benzene rings is 1. The topological polar surface area (TPSA) is 94.9 Å². The largest absolute Gasteiger partial charge is 0.493 e. The van der Waals surface area contributed by atoms with Gasteiger partial charge in [0.05, 0.1) is 26.9 Å². The number of nitriles is 1. The molecule has 0 saturated carbocycles. The molecule has 0 radical (unpaired) electrons. The highest BCUT2D eigenvalue weighted by Crippen LogP contribution is 2.29. The van der Waals surface area contributed by atoms with Crippen molar-refractivity contribution in [1.82, 2.24) is 0 Å². The molecule has 7 nitrogen and oxygen atoms in total. The zero-order valence-corrected chi connectivity index (χ0v) is 15.5. The van der Waals surface area contributed by atoms with Gasteiger partial charge in [-0.15, -0.1) is 0 Å². The highest BCUT2D eigenvalue weighted by atomic mass is 16.5. The van der Waals surface area contributed by atoms with Crippen LogP contribution in [0.3, 0.4) is 0 Å². The highest BCUT2D eigenvalue weighted by Gasteiger charge is 2.11. The van der Waals surface area contributed by atoms with Crippen molar-refractivity contribution in [2.24, 2.45) is 0 Å². The molecule has 1 rings (SSSR count). The average Bonchev–Trinajstić information content (AvgIpc) is 2.68. The first-order valence-corrected chi connectivity index (χ1v) is 8.44.